The van der Waals surface area contributed by atoms with Crippen molar-refractivity contribution in [2.45, 2.75) is 38.8 Å². The number of likely N-dealkylation sites (tertiary alicyclic amines) is 1. The summed E-state index contributed by atoms with van der Waals surface area (Å²) >= 11 is 0. The third-order valence-corrected chi connectivity index (χ3v) is 4.63. The predicted molar refractivity (Wildman–Crippen MR) is 85.3 cm³/mol. The van der Waals surface area contributed by atoms with E-state index in [1.165, 1.54) is 0 Å². The molecular formula is C18H22N2O3. The van der Waals surface area contributed by atoms with Crippen LogP contribution in [0, 0.1) is 11.8 Å². The molecule has 0 bridgehead atoms. The Labute approximate surface area is 136 Å². The van der Waals surface area contributed by atoms with E-state index < -0.39 is 17.7 Å². The Morgan fingerprint density at radius 3 is 2.57 bits per heavy atom. The van der Waals surface area contributed by atoms with Crippen molar-refractivity contribution in [1.29, 1.82) is 0 Å². The van der Waals surface area contributed by atoms with Gasteiger partial charge in [0.15, 0.2) is 0 Å². The van der Waals surface area contributed by atoms with Gasteiger partial charge >= 0.3 is 0 Å². The molecule has 1 aromatic carbocycles. The van der Waals surface area contributed by atoms with Crippen molar-refractivity contribution in [3.8, 4) is 0 Å². The highest BCUT2D eigenvalue weighted by atomic mass is 16.2. The van der Waals surface area contributed by atoms with Crippen LogP contribution in [0.4, 0.5) is 0 Å². The second kappa shape index (κ2) is 6.52. The Bertz CT molecular complexity index is 610. The van der Waals surface area contributed by atoms with Gasteiger partial charge < -0.3 is 10.2 Å². The average molecular weight is 314 g/mol. The molecule has 2 aliphatic rings. The molecule has 23 heavy (non-hydrogen) atoms. The number of Topliss-reactive ketones (excluding diaryl/α,β-unsaturated/α-hetero) is 1. The molecule has 1 aliphatic carbocycles. The van der Waals surface area contributed by atoms with Gasteiger partial charge in [0.25, 0.3) is 5.91 Å². The van der Waals surface area contributed by atoms with Gasteiger partial charge in [0, 0.05) is 19.5 Å². The topological polar surface area (TPSA) is 66.5 Å². The summed E-state index contributed by atoms with van der Waals surface area (Å²) < 4.78 is 0. The third kappa shape index (κ3) is 3.60. The van der Waals surface area contributed by atoms with Gasteiger partial charge in [-0.1, -0.05) is 37.3 Å². The molecule has 0 aromatic heterocycles. The van der Waals surface area contributed by atoms with E-state index in [2.05, 4.69) is 5.32 Å². The Balaban J connectivity index is 1.70. The van der Waals surface area contributed by atoms with Crippen LogP contribution in [0.2, 0.25) is 0 Å². The molecular weight excluding hydrogens is 292 g/mol. The van der Waals surface area contributed by atoms with Crippen LogP contribution in [0.15, 0.2) is 30.3 Å². The molecule has 1 saturated carbocycles. The number of carbonyl (C=O) groups is 3. The van der Waals surface area contributed by atoms with Gasteiger partial charge in [0.1, 0.15) is 6.04 Å². The summed E-state index contributed by atoms with van der Waals surface area (Å²) in [6, 6.07) is 8.90. The van der Waals surface area contributed by atoms with E-state index in [0.29, 0.717) is 25.4 Å². The molecule has 2 atom stereocenters. The first kappa shape index (κ1) is 15.7. The van der Waals surface area contributed by atoms with E-state index >= 15 is 0 Å². The highest BCUT2D eigenvalue weighted by Crippen LogP contribution is 2.29. The second-order valence-corrected chi connectivity index (χ2v) is 6.65. The summed E-state index contributed by atoms with van der Waals surface area (Å²) in [6.45, 7) is 2.80. The van der Waals surface area contributed by atoms with E-state index in [0.717, 1.165) is 18.4 Å². The lowest BCUT2D eigenvalue weighted by Gasteiger charge is -2.25. The van der Waals surface area contributed by atoms with Crippen LogP contribution in [0.1, 0.15) is 31.7 Å². The Morgan fingerprint density at radius 1 is 1.22 bits per heavy atom. The molecule has 2 fully saturated rings. The molecule has 0 spiro atoms. The number of nitrogens with zero attached hydrogens (tertiary/aromatic N) is 1. The minimum Gasteiger partial charge on any atom is -0.349 e. The van der Waals surface area contributed by atoms with Crippen LogP contribution in [-0.2, 0) is 20.9 Å². The van der Waals surface area contributed by atoms with Crippen molar-refractivity contribution < 1.29 is 14.4 Å². The zero-order chi connectivity index (χ0) is 16.4. The number of hydrogen-bond donors (Lipinski definition) is 1. The second-order valence-electron chi connectivity index (χ2n) is 6.65. The van der Waals surface area contributed by atoms with Crippen LogP contribution < -0.4 is 5.32 Å². The fourth-order valence-corrected chi connectivity index (χ4v) is 3.11. The molecule has 1 N–H and O–H groups in total. The fraction of sp³-hybridized carbons (Fsp3) is 0.500. The van der Waals surface area contributed by atoms with Gasteiger partial charge in [-0.25, -0.2) is 0 Å². The number of hydrogen-bond acceptors (Lipinski definition) is 3. The maximum atomic E-state index is 12.5. The van der Waals surface area contributed by atoms with Crippen molar-refractivity contribution in [1.82, 2.24) is 10.2 Å². The predicted octanol–water partition coefficient (Wildman–Crippen LogP) is 1.52. The monoisotopic (exact) mass is 314 g/mol. The minimum absolute atomic E-state index is 0.0605. The first-order chi connectivity index (χ1) is 11.1. The van der Waals surface area contributed by atoms with Gasteiger partial charge in [0.05, 0.1) is 0 Å². The van der Waals surface area contributed by atoms with E-state index in [9.17, 15) is 14.4 Å². The summed E-state index contributed by atoms with van der Waals surface area (Å²) in [5.41, 5.74) is 0.964. The highest BCUT2D eigenvalue weighted by molar-refractivity contribution is 6.38. The molecule has 122 valence electrons. The van der Waals surface area contributed by atoms with Gasteiger partial charge in [0.2, 0.25) is 11.7 Å². The third-order valence-electron chi connectivity index (χ3n) is 4.63. The lowest BCUT2D eigenvalue weighted by atomic mass is 9.98. The Kier molecular flexibility index (Phi) is 4.46. The quantitative estimate of drug-likeness (QED) is 0.810. The van der Waals surface area contributed by atoms with E-state index in [1.54, 1.807) is 4.90 Å². The zero-order valence-electron chi connectivity index (χ0n) is 13.3. The number of carbonyl (C=O) groups excluding carboxylic acids is 3. The molecule has 1 saturated heterocycles. The van der Waals surface area contributed by atoms with Crippen molar-refractivity contribution in [3.63, 3.8) is 0 Å². The summed E-state index contributed by atoms with van der Waals surface area (Å²) in [7, 11) is 0. The number of nitrogens with one attached hydrogen (secondary N) is 1. The van der Waals surface area contributed by atoms with Gasteiger partial charge in [-0.3, -0.25) is 14.4 Å². The van der Waals surface area contributed by atoms with Crippen LogP contribution >= 0.6 is 0 Å². The van der Waals surface area contributed by atoms with Crippen molar-refractivity contribution in [3.05, 3.63) is 35.9 Å². The highest BCUT2D eigenvalue weighted by Gasteiger charge is 2.43. The first-order valence-corrected chi connectivity index (χ1v) is 8.21. The van der Waals surface area contributed by atoms with Crippen LogP contribution in [0.3, 0.4) is 0 Å². The average Bonchev–Trinajstić information content (AvgIpc) is 3.32. The van der Waals surface area contributed by atoms with Crippen molar-refractivity contribution in [2.24, 2.45) is 11.8 Å². The van der Waals surface area contributed by atoms with E-state index in [4.69, 9.17) is 0 Å². The first-order valence-electron chi connectivity index (χ1n) is 8.21. The number of ketones is 1. The molecule has 1 aliphatic heterocycles. The molecule has 5 nitrogen and oxygen atoms in total. The minimum atomic E-state index is -0.651. The van der Waals surface area contributed by atoms with Crippen molar-refractivity contribution in [2.75, 3.05) is 6.54 Å². The van der Waals surface area contributed by atoms with Gasteiger partial charge in [-0.2, -0.15) is 0 Å². The lowest BCUT2D eigenvalue weighted by Crippen LogP contribution is -2.47. The lowest BCUT2D eigenvalue weighted by molar-refractivity contribution is -0.143. The molecule has 5 heteroatoms. The van der Waals surface area contributed by atoms with Crippen LogP contribution in [0.25, 0.3) is 0 Å². The zero-order valence-corrected chi connectivity index (χ0v) is 13.3. The van der Waals surface area contributed by atoms with E-state index in [1.807, 2.05) is 37.3 Å². The smallest absolute Gasteiger partial charge is 0.289 e. The molecule has 2 amide bonds. The van der Waals surface area contributed by atoms with Crippen molar-refractivity contribution >= 4 is 17.6 Å². The van der Waals surface area contributed by atoms with Crippen LogP contribution in [-0.4, -0.2) is 35.1 Å². The molecule has 3 rings (SSSR count). The largest absolute Gasteiger partial charge is 0.349 e. The molecule has 0 unspecified atom stereocenters. The maximum Gasteiger partial charge on any atom is 0.289 e. The number of rotatable bonds is 6. The van der Waals surface area contributed by atoms with Gasteiger partial charge in [-0.05, 0) is 30.2 Å². The normalized spacial score (nSPS) is 23.9. The summed E-state index contributed by atoms with van der Waals surface area (Å²) in [4.78, 5) is 38.4. The maximum absolute atomic E-state index is 12.5. The standard InChI is InChI=1S/C18H22N2O3/c1-12-9-15(21)20(11-14-5-3-2-4-6-14)16(12)17(22)18(23)19-10-13-7-8-13/h2-6,12-13,16H,7-11H2,1H3,(H,19,23)/t12-,16-/m1/s1. The number of amides is 2. The summed E-state index contributed by atoms with van der Waals surface area (Å²) in [5, 5.41) is 2.71. The Hall–Kier alpha value is -2.17. The molecule has 1 heterocycles. The van der Waals surface area contributed by atoms with Crippen LogP contribution in [0.5, 0.6) is 0 Å². The Morgan fingerprint density at radius 2 is 1.91 bits per heavy atom. The van der Waals surface area contributed by atoms with Gasteiger partial charge in [-0.15, -0.1) is 0 Å². The number of benzene rings is 1. The summed E-state index contributed by atoms with van der Waals surface area (Å²) in [6.07, 6.45) is 2.55. The molecule has 1 aromatic rings. The fourth-order valence-electron chi connectivity index (χ4n) is 3.11. The summed E-state index contributed by atoms with van der Waals surface area (Å²) in [5.74, 6) is -0.712. The molecule has 0 radical (unpaired) electrons. The van der Waals surface area contributed by atoms with E-state index in [-0.39, 0.29) is 11.8 Å². The SMILES string of the molecule is C[C@@H]1CC(=O)N(Cc2ccccc2)[C@H]1C(=O)C(=O)NCC1CC1.